The van der Waals surface area contributed by atoms with Crippen LogP contribution < -0.4 is 4.74 Å². The summed E-state index contributed by atoms with van der Waals surface area (Å²) < 4.78 is 7.50. The Balaban J connectivity index is 1.87. The van der Waals surface area contributed by atoms with Crippen LogP contribution in [0.15, 0.2) is 36.5 Å². The molecular formula is C16H19NO2. The number of hydrogen-bond donors (Lipinski definition) is 1. The maximum absolute atomic E-state index is 9.99. The van der Waals surface area contributed by atoms with Crippen molar-refractivity contribution >= 4 is 0 Å². The Hall–Kier alpha value is -1.74. The summed E-state index contributed by atoms with van der Waals surface area (Å²) in [4.78, 5) is 0. The van der Waals surface area contributed by atoms with Gasteiger partial charge in [-0.1, -0.05) is 12.1 Å². The summed E-state index contributed by atoms with van der Waals surface area (Å²) in [6, 6.07) is 10.2. The molecule has 0 spiro atoms. The van der Waals surface area contributed by atoms with Crippen molar-refractivity contribution in [3.63, 3.8) is 0 Å². The van der Waals surface area contributed by atoms with E-state index < -0.39 is 0 Å². The highest BCUT2D eigenvalue weighted by atomic mass is 16.5. The van der Waals surface area contributed by atoms with E-state index in [1.54, 1.807) is 7.11 Å². The molecule has 1 aliphatic rings. The molecule has 1 aliphatic carbocycles. The molecule has 2 aromatic rings. The van der Waals surface area contributed by atoms with Crippen LogP contribution >= 0.6 is 0 Å². The van der Waals surface area contributed by atoms with Gasteiger partial charge in [-0.05, 0) is 43.0 Å². The van der Waals surface area contributed by atoms with Gasteiger partial charge in [-0.25, -0.2) is 0 Å². The monoisotopic (exact) mass is 257 g/mol. The second kappa shape index (κ2) is 5.10. The Morgan fingerprint density at radius 3 is 3.11 bits per heavy atom. The lowest BCUT2D eigenvalue weighted by Gasteiger charge is -2.20. The molecule has 1 unspecified atom stereocenters. The average Bonchev–Trinajstić information content (AvgIpc) is 2.84. The SMILES string of the molecule is COc1cccc(Cn2ccc3c2CCCC3O)c1. The Bertz CT molecular complexity index is 574. The van der Waals surface area contributed by atoms with Gasteiger partial charge < -0.3 is 14.4 Å². The Morgan fingerprint density at radius 2 is 2.26 bits per heavy atom. The van der Waals surface area contributed by atoms with Crippen LogP contribution in [0, 0.1) is 0 Å². The van der Waals surface area contributed by atoms with E-state index in [9.17, 15) is 5.11 Å². The molecule has 0 aliphatic heterocycles. The first-order valence-corrected chi connectivity index (χ1v) is 6.77. The van der Waals surface area contributed by atoms with Gasteiger partial charge in [0.25, 0.3) is 0 Å². The quantitative estimate of drug-likeness (QED) is 0.917. The number of aliphatic hydroxyl groups excluding tert-OH is 1. The van der Waals surface area contributed by atoms with Crippen LogP contribution in [0.4, 0.5) is 0 Å². The topological polar surface area (TPSA) is 34.4 Å². The van der Waals surface area contributed by atoms with E-state index in [1.165, 1.54) is 11.3 Å². The first kappa shape index (κ1) is 12.3. The molecule has 3 rings (SSSR count). The van der Waals surface area contributed by atoms with Crippen molar-refractivity contribution < 1.29 is 9.84 Å². The van der Waals surface area contributed by atoms with E-state index in [-0.39, 0.29) is 6.10 Å². The van der Waals surface area contributed by atoms with Crippen molar-refractivity contribution in [3.8, 4) is 5.75 Å². The molecular weight excluding hydrogens is 238 g/mol. The molecule has 1 atom stereocenters. The number of nitrogens with zero attached hydrogens (tertiary/aromatic N) is 1. The summed E-state index contributed by atoms with van der Waals surface area (Å²) in [6.45, 7) is 0.833. The number of benzene rings is 1. The number of aliphatic hydroxyl groups is 1. The van der Waals surface area contributed by atoms with Gasteiger partial charge in [0, 0.05) is 24.0 Å². The van der Waals surface area contributed by atoms with E-state index in [1.807, 2.05) is 12.1 Å². The Labute approximate surface area is 113 Å². The highest BCUT2D eigenvalue weighted by molar-refractivity contribution is 5.31. The summed E-state index contributed by atoms with van der Waals surface area (Å²) in [5.41, 5.74) is 3.61. The summed E-state index contributed by atoms with van der Waals surface area (Å²) in [5.74, 6) is 0.888. The maximum atomic E-state index is 9.99. The van der Waals surface area contributed by atoms with Crippen molar-refractivity contribution in [2.24, 2.45) is 0 Å². The molecule has 1 heterocycles. The minimum Gasteiger partial charge on any atom is -0.497 e. The van der Waals surface area contributed by atoms with E-state index in [2.05, 4.69) is 29.0 Å². The highest BCUT2D eigenvalue weighted by Gasteiger charge is 2.20. The molecule has 1 N–H and O–H groups in total. The van der Waals surface area contributed by atoms with Crippen LogP contribution in [-0.4, -0.2) is 16.8 Å². The second-order valence-electron chi connectivity index (χ2n) is 5.11. The molecule has 1 aromatic carbocycles. The summed E-state index contributed by atoms with van der Waals surface area (Å²) >= 11 is 0. The molecule has 3 nitrogen and oxygen atoms in total. The lowest BCUT2D eigenvalue weighted by atomic mass is 9.95. The number of ether oxygens (including phenoxy) is 1. The van der Waals surface area contributed by atoms with Crippen LogP contribution in [0.2, 0.25) is 0 Å². The van der Waals surface area contributed by atoms with Crippen LogP contribution in [0.5, 0.6) is 5.75 Å². The van der Waals surface area contributed by atoms with Crippen molar-refractivity contribution in [1.82, 2.24) is 4.57 Å². The third-order valence-corrected chi connectivity index (χ3v) is 3.85. The number of rotatable bonds is 3. The predicted octanol–water partition coefficient (Wildman–Crippen LogP) is 2.91. The van der Waals surface area contributed by atoms with Gasteiger partial charge in [-0.2, -0.15) is 0 Å². The maximum Gasteiger partial charge on any atom is 0.119 e. The van der Waals surface area contributed by atoms with Crippen molar-refractivity contribution in [2.75, 3.05) is 7.11 Å². The standard InChI is InChI=1S/C16H19NO2/c1-19-13-5-2-4-12(10-13)11-17-9-8-14-15(17)6-3-7-16(14)18/h2,4-5,8-10,16,18H,3,6-7,11H2,1H3. The Kier molecular flexibility index (Phi) is 3.30. The van der Waals surface area contributed by atoms with E-state index >= 15 is 0 Å². The van der Waals surface area contributed by atoms with Crippen molar-refractivity contribution in [3.05, 3.63) is 53.3 Å². The second-order valence-corrected chi connectivity index (χ2v) is 5.11. The normalized spacial score (nSPS) is 18.1. The van der Waals surface area contributed by atoms with Gasteiger partial charge in [0.2, 0.25) is 0 Å². The highest BCUT2D eigenvalue weighted by Crippen LogP contribution is 2.30. The van der Waals surface area contributed by atoms with E-state index in [0.717, 1.165) is 37.1 Å². The van der Waals surface area contributed by atoms with Gasteiger partial charge in [-0.15, -0.1) is 0 Å². The first-order valence-electron chi connectivity index (χ1n) is 6.77. The molecule has 0 saturated heterocycles. The zero-order chi connectivity index (χ0) is 13.2. The molecule has 1 aromatic heterocycles. The fourth-order valence-electron chi connectivity index (χ4n) is 2.85. The van der Waals surface area contributed by atoms with Crippen LogP contribution in [-0.2, 0) is 13.0 Å². The smallest absolute Gasteiger partial charge is 0.119 e. The van der Waals surface area contributed by atoms with Gasteiger partial charge in [0.1, 0.15) is 5.75 Å². The fraction of sp³-hybridized carbons (Fsp3) is 0.375. The summed E-state index contributed by atoms with van der Waals surface area (Å²) in [7, 11) is 1.69. The van der Waals surface area contributed by atoms with Crippen molar-refractivity contribution in [2.45, 2.75) is 31.9 Å². The summed E-state index contributed by atoms with van der Waals surface area (Å²) in [5, 5.41) is 9.99. The molecule has 19 heavy (non-hydrogen) atoms. The number of hydrogen-bond acceptors (Lipinski definition) is 2. The average molecular weight is 257 g/mol. The minimum absolute atomic E-state index is 0.282. The summed E-state index contributed by atoms with van der Waals surface area (Å²) in [6.07, 6.45) is 4.81. The molecule has 0 fully saturated rings. The Morgan fingerprint density at radius 1 is 1.37 bits per heavy atom. The number of aromatic nitrogens is 1. The molecule has 3 heteroatoms. The van der Waals surface area contributed by atoms with Gasteiger partial charge >= 0.3 is 0 Å². The first-order chi connectivity index (χ1) is 9.28. The zero-order valence-corrected chi connectivity index (χ0v) is 11.2. The number of methoxy groups -OCH3 is 1. The van der Waals surface area contributed by atoms with E-state index in [0.29, 0.717) is 0 Å². The van der Waals surface area contributed by atoms with E-state index in [4.69, 9.17) is 4.74 Å². The molecule has 0 radical (unpaired) electrons. The van der Waals surface area contributed by atoms with Crippen LogP contribution in [0.25, 0.3) is 0 Å². The number of fused-ring (bicyclic) bond motifs is 1. The molecule has 100 valence electrons. The lowest BCUT2D eigenvalue weighted by Crippen LogP contribution is -2.12. The van der Waals surface area contributed by atoms with Gasteiger partial charge in [0.05, 0.1) is 13.2 Å². The zero-order valence-electron chi connectivity index (χ0n) is 11.2. The molecule has 0 saturated carbocycles. The van der Waals surface area contributed by atoms with Gasteiger partial charge in [-0.3, -0.25) is 0 Å². The third-order valence-electron chi connectivity index (χ3n) is 3.85. The fourth-order valence-corrected chi connectivity index (χ4v) is 2.85. The molecule has 0 amide bonds. The van der Waals surface area contributed by atoms with Crippen LogP contribution in [0.3, 0.4) is 0 Å². The lowest BCUT2D eigenvalue weighted by molar-refractivity contribution is 0.156. The van der Waals surface area contributed by atoms with Crippen molar-refractivity contribution in [1.29, 1.82) is 0 Å². The predicted molar refractivity (Wildman–Crippen MR) is 74.4 cm³/mol. The van der Waals surface area contributed by atoms with Gasteiger partial charge in [0.15, 0.2) is 0 Å². The third kappa shape index (κ3) is 2.38. The minimum atomic E-state index is -0.282. The largest absolute Gasteiger partial charge is 0.497 e. The molecule has 0 bridgehead atoms. The van der Waals surface area contributed by atoms with Crippen LogP contribution in [0.1, 0.15) is 35.8 Å².